The number of carbonyl (C=O) groups is 1. The molecule has 0 aliphatic heterocycles. The van der Waals surface area contributed by atoms with Gasteiger partial charge in [0.2, 0.25) is 0 Å². The number of hydrogen-bond acceptors (Lipinski definition) is 6. The number of aromatic amines is 1. The van der Waals surface area contributed by atoms with E-state index in [9.17, 15) is 19.7 Å². The fraction of sp³-hybridized carbons (Fsp3) is 0.100. The van der Waals surface area contributed by atoms with Crippen LogP contribution in [0.5, 0.6) is 11.5 Å². The van der Waals surface area contributed by atoms with Gasteiger partial charge in [-0.25, -0.2) is 9.48 Å². The average molecular weight is 411 g/mol. The number of ether oxygens (including phenoxy) is 2. The lowest BCUT2D eigenvalue weighted by molar-refractivity contribution is -0.385. The van der Waals surface area contributed by atoms with E-state index in [4.69, 9.17) is 14.6 Å². The fourth-order valence-corrected chi connectivity index (χ4v) is 2.92. The smallest absolute Gasteiger partial charge is 0.335 e. The summed E-state index contributed by atoms with van der Waals surface area (Å²) in [6, 6.07) is 8.35. The molecule has 0 aliphatic rings. The van der Waals surface area contributed by atoms with Crippen LogP contribution in [-0.4, -0.2) is 40.0 Å². The number of hydrogen-bond donors (Lipinski definition) is 2. The summed E-state index contributed by atoms with van der Waals surface area (Å²) in [4.78, 5) is 35.0. The highest BCUT2D eigenvalue weighted by Crippen LogP contribution is 2.34. The van der Waals surface area contributed by atoms with E-state index in [-0.39, 0.29) is 44.6 Å². The molecule has 1 aromatic heterocycles. The summed E-state index contributed by atoms with van der Waals surface area (Å²) in [7, 11) is 2.74. The van der Waals surface area contributed by atoms with Crippen molar-refractivity contribution >= 4 is 24.3 Å². The summed E-state index contributed by atoms with van der Waals surface area (Å²) in [6.07, 6.45) is 1.32. The molecule has 2 N–H and O–H groups in total. The zero-order valence-electron chi connectivity index (χ0n) is 16.0. The molecule has 10 heteroatoms. The standard InChI is InChI=1S/C20H17N3O7/c1-11-15(8-13-9-17(29-2)18(30-3)10-16(13)23(27)28)19(24)22(21-11)14-6-4-5-12(7-14)20(25)26/h4-10,21H,1H2,2-3H3,(H,25,26)/b15-8+. The number of rotatable bonds is 6. The van der Waals surface area contributed by atoms with Gasteiger partial charge in [-0.2, -0.15) is 0 Å². The SMILES string of the molecule is C=c1[nH]n(-c2cccc(C(=O)O)c2)c(=O)/c1=C/c1cc(OC)c(OC)cc1[N+](=O)[O-]. The van der Waals surface area contributed by atoms with Gasteiger partial charge >= 0.3 is 5.97 Å². The molecule has 3 rings (SSSR count). The van der Waals surface area contributed by atoms with Crippen LogP contribution in [0.2, 0.25) is 0 Å². The first kappa shape index (κ1) is 20.4. The van der Waals surface area contributed by atoms with Crippen molar-refractivity contribution in [2.24, 2.45) is 0 Å². The third-order valence-electron chi connectivity index (χ3n) is 4.39. The molecule has 2 aromatic carbocycles. The maximum Gasteiger partial charge on any atom is 0.335 e. The van der Waals surface area contributed by atoms with E-state index in [0.29, 0.717) is 0 Å². The lowest BCUT2D eigenvalue weighted by Gasteiger charge is -2.08. The van der Waals surface area contributed by atoms with E-state index >= 15 is 0 Å². The molecule has 0 bridgehead atoms. The first-order valence-corrected chi connectivity index (χ1v) is 8.52. The average Bonchev–Trinajstić information content (AvgIpc) is 3.01. The Morgan fingerprint density at radius 2 is 1.90 bits per heavy atom. The number of nitrogens with zero attached hydrogens (tertiary/aromatic N) is 2. The van der Waals surface area contributed by atoms with E-state index < -0.39 is 16.5 Å². The predicted molar refractivity (Wildman–Crippen MR) is 108 cm³/mol. The number of methoxy groups -OCH3 is 2. The third kappa shape index (κ3) is 3.65. The second kappa shape index (κ2) is 7.95. The first-order valence-electron chi connectivity index (χ1n) is 8.52. The molecular formula is C20H17N3O7. The van der Waals surface area contributed by atoms with Gasteiger partial charge in [-0.05, 0) is 30.3 Å². The normalized spacial score (nSPS) is 11.3. The molecule has 0 aliphatic carbocycles. The van der Waals surface area contributed by atoms with Crippen molar-refractivity contribution in [2.75, 3.05) is 14.2 Å². The Labute approximate surface area is 169 Å². The number of H-pyrrole nitrogens is 1. The summed E-state index contributed by atoms with van der Waals surface area (Å²) in [5.41, 5.74) is -0.435. The topological polar surface area (TPSA) is 137 Å². The molecule has 0 atom stereocenters. The van der Waals surface area contributed by atoms with Gasteiger partial charge in [0.15, 0.2) is 11.5 Å². The van der Waals surface area contributed by atoms with E-state index in [1.807, 2.05) is 0 Å². The monoisotopic (exact) mass is 411 g/mol. The Morgan fingerprint density at radius 1 is 1.23 bits per heavy atom. The van der Waals surface area contributed by atoms with Crippen molar-refractivity contribution in [1.82, 2.24) is 9.78 Å². The number of aromatic carboxylic acids is 1. The predicted octanol–water partition coefficient (Wildman–Crippen LogP) is 1.03. The van der Waals surface area contributed by atoms with Crippen LogP contribution in [0.3, 0.4) is 0 Å². The molecule has 10 nitrogen and oxygen atoms in total. The van der Waals surface area contributed by atoms with Gasteiger partial charge in [-0.15, -0.1) is 0 Å². The van der Waals surface area contributed by atoms with Gasteiger partial charge in [0.05, 0.1) is 52.6 Å². The van der Waals surface area contributed by atoms with Crippen LogP contribution < -0.4 is 25.6 Å². The van der Waals surface area contributed by atoms with E-state index in [1.54, 1.807) is 6.07 Å². The Balaban J connectivity index is 2.25. The number of nitrogens with one attached hydrogen (secondary N) is 1. The molecular weight excluding hydrogens is 394 g/mol. The molecule has 0 amide bonds. The summed E-state index contributed by atoms with van der Waals surface area (Å²) in [6.45, 7) is 3.78. The van der Waals surface area contributed by atoms with Gasteiger partial charge in [0.25, 0.3) is 11.2 Å². The van der Waals surface area contributed by atoms with Gasteiger partial charge in [0.1, 0.15) is 0 Å². The van der Waals surface area contributed by atoms with Crippen molar-refractivity contribution in [1.29, 1.82) is 0 Å². The van der Waals surface area contributed by atoms with Crippen molar-refractivity contribution in [3.05, 3.63) is 78.6 Å². The quantitative estimate of drug-likeness (QED) is 0.456. The second-order valence-corrected chi connectivity index (χ2v) is 6.17. The molecule has 0 spiro atoms. The Morgan fingerprint density at radius 3 is 2.50 bits per heavy atom. The van der Waals surface area contributed by atoms with Crippen LogP contribution >= 0.6 is 0 Å². The molecule has 0 fully saturated rings. The molecule has 0 radical (unpaired) electrons. The van der Waals surface area contributed by atoms with Crippen molar-refractivity contribution < 1.29 is 24.3 Å². The van der Waals surface area contributed by atoms with Crippen molar-refractivity contribution in [3.63, 3.8) is 0 Å². The molecule has 30 heavy (non-hydrogen) atoms. The van der Waals surface area contributed by atoms with Crippen molar-refractivity contribution in [3.8, 4) is 17.2 Å². The number of aromatic nitrogens is 2. The molecule has 0 saturated carbocycles. The molecule has 154 valence electrons. The van der Waals surface area contributed by atoms with Crippen LogP contribution in [0.15, 0.2) is 41.2 Å². The van der Waals surface area contributed by atoms with Crippen LogP contribution in [0.25, 0.3) is 18.3 Å². The highest BCUT2D eigenvalue weighted by Gasteiger charge is 2.19. The van der Waals surface area contributed by atoms with Crippen LogP contribution in [0.1, 0.15) is 15.9 Å². The van der Waals surface area contributed by atoms with E-state index in [2.05, 4.69) is 11.7 Å². The lowest BCUT2D eigenvalue weighted by Crippen LogP contribution is -2.34. The van der Waals surface area contributed by atoms with Gasteiger partial charge < -0.3 is 14.6 Å². The van der Waals surface area contributed by atoms with Gasteiger partial charge in [-0.1, -0.05) is 12.6 Å². The first-order chi connectivity index (χ1) is 14.3. The molecule has 0 saturated heterocycles. The number of benzene rings is 2. The number of carboxylic acid groups (broad SMARTS) is 1. The van der Waals surface area contributed by atoms with Crippen LogP contribution in [-0.2, 0) is 0 Å². The van der Waals surface area contributed by atoms with E-state index in [0.717, 1.165) is 4.68 Å². The van der Waals surface area contributed by atoms with Crippen molar-refractivity contribution in [2.45, 2.75) is 0 Å². The maximum absolute atomic E-state index is 12.9. The van der Waals surface area contributed by atoms with E-state index in [1.165, 1.54) is 50.6 Å². The molecule has 0 unspecified atom stereocenters. The summed E-state index contributed by atoms with van der Waals surface area (Å²) < 4.78 is 11.4. The summed E-state index contributed by atoms with van der Waals surface area (Å²) in [5, 5.41) is 23.7. The lowest BCUT2D eigenvalue weighted by atomic mass is 10.1. The largest absolute Gasteiger partial charge is 0.493 e. The number of carboxylic acids is 1. The Hall–Kier alpha value is -4.34. The Bertz CT molecular complexity index is 1320. The highest BCUT2D eigenvalue weighted by atomic mass is 16.6. The zero-order valence-corrected chi connectivity index (χ0v) is 16.0. The number of nitro benzene ring substituents is 1. The minimum atomic E-state index is -1.14. The van der Waals surface area contributed by atoms with Gasteiger partial charge in [0, 0.05) is 0 Å². The fourth-order valence-electron chi connectivity index (χ4n) is 2.92. The van der Waals surface area contributed by atoms with Gasteiger partial charge in [-0.3, -0.25) is 20.0 Å². The third-order valence-corrected chi connectivity index (χ3v) is 4.39. The second-order valence-electron chi connectivity index (χ2n) is 6.17. The minimum Gasteiger partial charge on any atom is -0.493 e. The molecule has 1 heterocycles. The maximum atomic E-state index is 12.9. The highest BCUT2D eigenvalue weighted by molar-refractivity contribution is 5.88. The zero-order chi connectivity index (χ0) is 22.0. The van der Waals surface area contributed by atoms with Crippen LogP contribution in [0, 0.1) is 10.1 Å². The Kier molecular flexibility index (Phi) is 5.41. The molecule has 3 aromatic rings. The van der Waals surface area contributed by atoms with Crippen LogP contribution in [0.4, 0.5) is 5.69 Å². The minimum absolute atomic E-state index is 0.000621. The number of nitro groups is 1. The summed E-state index contributed by atoms with van der Waals surface area (Å²) in [5.74, 6) is -0.711. The summed E-state index contributed by atoms with van der Waals surface area (Å²) >= 11 is 0.